The topological polar surface area (TPSA) is 131 Å². The maximum atomic E-state index is 13.2. The molecule has 2 aliphatic carbocycles. The molecule has 0 spiro atoms. The van der Waals surface area contributed by atoms with E-state index in [1.165, 1.54) is 25.7 Å². The highest BCUT2D eigenvalue weighted by Gasteiger charge is 2.38. The van der Waals surface area contributed by atoms with Gasteiger partial charge in [0, 0.05) is 44.7 Å². The summed E-state index contributed by atoms with van der Waals surface area (Å²) >= 11 is 0. The second kappa shape index (κ2) is 24.3. The fourth-order valence-corrected chi connectivity index (χ4v) is 7.05. The first-order chi connectivity index (χ1) is 25.9. The Morgan fingerprint density at radius 3 is 1.41 bits per heavy atom. The predicted octanol–water partition coefficient (Wildman–Crippen LogP) is 6.10. The van der Waals surface area contributed by atoms with Crippen LogP contribution in [-0.4, -0.2) is 81.1 Å². The molecule has 2 aromatic carbocycles. The molecule has 2 saturated carbocycles. The SMILES string of the molecule is CB(O)C(CC(=O)C(Cc1ccccc1)NC(=O)C(C)CP)CC1CC1.COB(OC)C(CC(=O)C(Cc1ccccc1)NC(=O)C(C)CP)CC1CC1. The smallest absolute Gasteiger partial charge is 0.450 e. The third-order valence-electron chi connectivity index (χ3n) is 10.7. The number of amides is 2. The van der Waals surface area contributed by atoms with Gasteiger partial charge in [-0.2, -0.15) is 0 Å². The van der Waals surface area contributed by atoms with Gasteiger partial charge in [-0.05, 0) is 60.4 Å². The Morgan fingerprint density at radius 2 is 1.07 bits per heavy atom. The zero-order chi connectivity index (χ0) is 39.6. The summed E-state index contributed by atoms with van der Waals surface area (Å²) < 4.78 is 10.9. The lowest BCUT2D eigenvalue weighted by molar-refractivity contribution is -0.129. The second-order valence-electron chi connectivity index (χ2n) is 15.6. The molecule has 0 bridgehead atoms. The van der Waals surface area contributed by atoms with Gasteiger partial charge in [-0.15, -0.1) is 18.5 Å². The van der Waals surface area contributed by atoms with Crippen LogP contribution < -0.4 is 10.6 Å². The molecule has 2 aromatic rings. The minimum absolute atomic E-state index is 0.00401. The number of ketones is 2. The van der Waals surface area contributed by atoms with Crippen LogP contribution >= 0.6 is 18.5 Å². The molecule has 8 atom stereocenters. The first-order valence-corrected chi connectivity index (χ1v) is 21.4. The van der Waals surface area contributed by atoms with E-state index in [0.717, 1.165) is 24.0 Å². The van der Waals surface area contributed by atoms with Crippen LogP contribution in [0.3, 0.4) is 0 Å². The van der Waals surface area contributed by atoms with E-state index in [4.69, 9.17) is 9.31 Å². The predicted molar refractivity (Wildman–Crippen MR) is 227 cm³/mol. The molecule has 296 valence electrons. The monoisotopic (exact) mass is 780 g/mol. The highest BCUT2D eigenvalue weighted by molar-refractivity contribution is 7.16. The lowest BCUT2D eigenvalue weighted by Gasteiger charge is -2.24. The first kappa shape index (κ1) is 46.0. The third kappa shape index (κ3) is 16.8. The highest BCUT2D eigenvalue weighted by Crippen LogP contribution is 2.40. The number of hydrogen-bond donors (Lipinski definition) is 3. The van der Waals surface area contributed by atoms with Gasteiger partial charge in [0.15, 0.2) is 11.6 Å². The van der Waals surface area contributed by atoms with E-state index >= 15 is 0 Å². The van der Waals surface area contributed by atoms with Crippen molar-refractivity contribution in [1.82, 2.24) is 10.6 Å². The van der Waals surface area contributed by atoms with Gasteiger partial charge in [0.2, 0.25) is 11.8 Å². The molecule has 8 unspecified atom stereocenters. The molecule has 9 nitrogen and oxygen atoms in total. The van der Waals surface area contributed by atoms with E-state index in [2.05, 4.69) is 29.1 Å². The summed E-state index contributed by atoms with van der Waals surface area (Å²) in [6.45, 7) is 4.99. The number of hydrogen-bond acceptors (Lipinski definition) is 7. The van der Waals surface area contributed by atoms with Crippen molar-refractivity contribution in [2.24, 2.45) is 23.7 Å². The van der Waals surface area contributed by atoms with Gasteiger partial charge in [0.05, 0.1) is 12.1 Å². The molecule has 13 heteroatoms. The minimum atomic E-state index is -0.538. The summed E-state index contributed by atoms with van der Waals surface area (Å²) in [5.41, 5.74) is 2.06. The number of benzene rings is 2. The summed E-state index contributed by atoms with van der Waals surface area (Å²) in [6.07, 6.45) is 9.62. The normalized spacial score (nSPS) is 17.0. The average Bonchev–Trinajstić information content (AvgIpc) is 4.12. The lowest BCUT2D eigenvalue weighted by Crippen LogP contribution is -2.45. The van der Waals surface area contributed by atoms with Crippen LogP contribution in [0.5, 0.6) is 0 Å². The van der Waals surface area contributed by atoms with Gasteiger partial charge >= 0.3 is 7.12 Å². The number of carbonyl (C=O) groups excluding carboxylic acids is 4. The summed E-state index contributed by atoms with van der Waals surface area (Å²) in [6, 6.07) is 18.5. The largest absolute Gasteiger partial charge is 0.460 e. The molecular formula is C41H64B2N2O7P2. The summed E-state index contributed by atoms with van der Waals surface area (Å²) in [5.74, 6) is 0.875. The van der Waals surface area contributed by atoms with Crippen LogP contribution in [-0.2, 0) is 41.3 Å². The molecule has 2 amide bonds. The van der Waals surface area contributed by atoms with Crippen LogP contribution in [0.2, 0.25) is 18.5 Å². The molecule has 0 saturated heterocycles. The van der Waals surface area contributed by atoms with E-state index in [-0.39, 0.29) is 46.9 Å². The fraction of sp³-hybridized carbons (Fsp3) is 0.610. The summed E-state index contributed by atoms with van der Waals surface area (Å²) in [7, 11) is 7.98. The molecule has 4 rings (SSSR count). The van der Waals surface area contributed by atoms with Crippen molar-refractivity contribution in [2.45, 2.75) is 109 Å². The van der Waals surface area contributed by atoms with E-state index in [9.17, 15) is 24.2 Å². The Labute approximate surface area is 329 Å². The minimum Gasteiger partial charge on any atom is -0.450 e. The van der Waals surface area contributed by atoms with Crippen molar-refractivity contribution >= 4 is 55.9 Å². The van der Waals surface area contributed by atoms with Crippen molar-refractivity contribution in [2.75, 3.05) is 26.5 Å². The summed E-state index contributed by atoms with van der Waals surface area (Å²) in [4.78, 5) is 51.0. The molecule has 54 heavy (non-hydrogen) atoms. The van der Waals surface area contributed by atoms with Crippen molar-refractivity contribution in [1.29, 1.82) is 0 Å². The van der Waals surface area contributed by atoms with Gasteiger partial charge in [0.1, 0.15) is 0 Å². The molecule has 2 fully saturated rings. The third-order valence-corrected chi connectivity index (χ3v) is 12.1. The molecule has 2 aliphatic rings. The Hall–Kier alpha value is -2.41. The molecule has 0 aliphatic heterocycles. The number of rotatable bonds is 24. The van der Waals surface area contributed by atoms with Gasteiger partial charge in [0.25, 0.3) is 6.92 Å². The molecule has 0 heterocycles. The zero-order valence-corrected chi connectivity index (χ0v) is 35.4. The number of carbonyl (C=O) groups is 4. The maximum absolute atomic E-state index is 13.2. The Morgan fingerprint density at radius 1 is 0.704 bits per heavy atom. The van der Waals surface area contributed by atoms with Crippen molar-refractivity contribution in [3.05, 3.63) is 71.8 Å². The van der Waals surface area contributed by atoms with Crippen LogP contribution in [0.15, 0.2) is 60.7 Å². The van der Waals surface area contributed by atoms with Crippen molar-refractivity contribution in [3.8, 4) is 0 Å². The molecule has 0 aromatic heterocycles. The molecular weight excluding hydrogens is 716 g/mol. The first-order valence-electron chi connectivity index (χ1n) is 19.8. The van der Waals surface area contributed by atoms with E-state index < -0.39 is 26.1 Å². The second-order valence-corrected chi connectivity index (χ2v) is 16.5. The molecule has 0 radical (unpaired) electrons. The molecule has 3 N–H and O–H groups in total. The van der Waals surface area contributed by atoms with Gasteiger partial charge < -0.3 is 25.0 Å². The van der Waals surface area contributed by atoms with Gasteiger partial charge in [-0.1, -0.05) is 113 Å². The summed E-state index contributed by atoms with van der Waals surface area (Å²) in [5, 5.41) is 16.0. The van der Waals surface area contributed by atoms with Crippen LogP contribution in [0.1, 0.15) is 76.3 Å². The van der Waals surface area contributed by atoms with Crippen LogP contribution in [0, 0.1) is 23.7 Å². The quantitative estimate of drug-likeness (QED) is 0.0867. The van der Waals surface area contributed by atoms with Crippen LogP contribution in [0.4, 0.5) is 0 Å². The van der Waals surface area contributed by atoms with Gasteiger partial charge in [-0.3, -0.25) is 19.2 Å². The van der Waals surface area contributed by atoms with Gasteiger partial charge in [-0.25, -0.2) is 0 Å². The highest BCUT2D eigenvalue weighted by atomic mass is 31.0. The Kier molecular flexibility index (Phi) is 20.7. The van der Waals surface area contributed by atoms with E-state index in [0.29, 0.717) is 49.8 Å². The lowest BCUT2D eigenvalue weighted by atomic mass is 9.55. The maximum Gasteiger partial charge on any atom is 0.460 e. The van der Waals surface area contributed by atoms with Crippen LogP contribution in [0.25, 0.3) is 0 Å². The Balaban J connectivity index is 0.000000291. The standard InChI is InChI=1S/C21H33BNO4P.C20H31BNO3P/c1-15(14-28)21(25)23-19(12-16-7-5-4-6-8-16)20(24)13-18(11-17-9-10-17)22(26-2)27-3;1-14(13-26)20(24)22-18(11-15-6-4-3-5-7-15)19(23)12-17(21(2)25)10-16-8-9-16/h4-8,15,17-19H,9-14,28H2,1-3H3,(H,23,25);3-7,14,16-18,25H,8-13,26H2,1-2H3,(H,22,24). The number of Topliss-reactive ketones (excluding diaryl/α,β-unsaturated/α-hetero) is 2. The fourth-order valence-electron chi connectivity index (χ4n) is 6.62. The van der Waals surface area contributed by atoms with E-state index in [1.807, 2.05) is 74.5 Å². The van der Waals surface area contributed by atoms with E-state index in [1.54, 1.807) is 21.0 Å². The number of nitrogens with one attached hydrogen (secondary N) is 2. The zero-order valence-electron chi connectivity index (χ0n) is 33.1. The van der Waals surface area contributed by atoms with Crippen molar-refractivity contribution in [3.63, 3.8) is 0 Å². The van der Waals surface area contributed by atoms with Crippen molar-refractivity contribution < 1.29 is 33.5 Å². The Bertz CT molecular complexity index is 1430. The average molecular weight is 781 g/mol.